The fourth-order valence-electron chi connectivity index (χ4n) is 4.01. The molecular weight excluding hydrogens is 470 g/mol. The van der Waals surface area contributed by atoms with E-state index in [2.05, 4.69) is 0 Å². The molecule has 3 aromatic rings. The van der Waals surface area contributed by atoms with Crippen LogP contribution >= 0.6 is 11.6 Å². The van der Waals surface area contributed by atoms with Crippen molar-refractivity contribution < 1.29 is 29.6 Å². The van der Waals surface area contributed by atoms with Gasteiger partial charge in [0.15, 0.2) is 11.5 Å². The monoisotopic (exact) mass is 499 g/mol. The maximum absolute atomic E-state index is 10.8. The third kappa shape index (κ3) is 6.31. The number of ether oxygens (including phenoxy) is 2. The molecule has 0 bridgehead atoms. The van der Waals surface area contributed by atoms with Crippen molar-refractivity contribution in [1.82, 2.24) is 4.98 Å². The summed E-state index contributed by atoms with van der Waals surface area (Å²) in [6.45, 7) is 4.07. The molecule has 1 aromatic heterocycles. The number of aliphatic carboxylic acids is 1. The molecule has 0 amide bonds. The molecular formula is C27H30ClNO6. The van der Waals surface area contributed by atoms with Crippen LogP contribution in [0.5, 0.6) is 11.5 Å². The first kappa shape index (κ1) is 26.5. The molecule has 186 valence electrons. The number of methoxy groups -OCH3 is 2. The minimum absolute atomic E-state index is 0.0490. The van der Waals surface area contributed by atoms with Crippen molar-refractivity contribution in [2.75, 3.05) is 14.2 Å². The van der Waals surface area contributed by atoms with Gasteiger partial charge in [-0.15, -0.1) is 0 Å². The molecule has 0 aliphatic rings. The molecule has 2 unspecified atom stereocenters. The number of carboxylic acid groups (broad SMARTS) is 1. The topological polar surface area (TPSA) is 109 Å². The summed E-state index contributed by atoms with van der Waals surface area (Å²) in [6.07, 6.45) is 0.613. The third-order valence-corrected chi connectivity index (χ3v) is 5.90. The zero-order chi connectivity index (χ0) is 25.7. The number of benzene rings is 2. The lowest BCUT2D eigenvalue weighted by molar-refractivity contribution is -0.139. The highest BCUT2D eigenvalue weighted by Crippen LogP contribution is 2.41. The second-order valence-electron chi connectivity index (χ2n) is 8.59. The van der Waals surface area contributed by atoms with Gasteiger partial charge >= 0.3 is 5.97 Å². The van der Waals surface area contributed by atoms with Crippen LogP contribution < -0.4 is 9.47 Å². The number of hydrogen-bond acceptors (Lipinski definition) is 6. The quantitative estimate of drug-likeness (QED) is 0.347. The van der Waals surface area contributed by atoms with Crippen LogP contribution in [0.2, 0.25) is 5.02 Å². The number of aromatic nitrogens is 1. The number of carbonyl (C=O) groups is 1. The van der Waals surface area contributed by atoms with Gasteiger partial charge in [0, 0.05) is 34.0 Å². The lowest BCUT2D eigenvalue weighted by Crippen LogP contribution is -2.19. The van der Waals surface area contributed by atoms with Gasteiger partial charge in [-0.05, 0) is 29.7 Å². The third-order valence-electron chi connectivity index (χ3n) is 5.65. The number of aliphatic hydroxyl groups is 2. The molecule has 1 heterocycles. The van der Waals surface area contributed by atoms with Crippen molar-refractivity contribution in [3.8, 4) is 22.6 Å². The molecule has 2 aromatic carbocycles. The van der Waals surface area contributed by atoms with Crippen LogP contribution in [-0.2, 0) is 4.79 Å². The average molecular weight is 500 g/mol. The van der Waals surface area contributed by atoms with Crippen LogP contribution in [0.25, 0.3) is 28.1 Å². The second-order valence-corrected chi connectivity index (χ2v) is 9.02. The number of hydrogen-bond donors (Lipinski definition) is 3. The Morgan fingerprint density at radius 3 is 2.29 bits per heavy atom. The summed E-state index contributed by atoms with van der Waals surface area (Å²) < 4.78 is 11.0. The predicted molar refractivity (Wildman–Crippen MR) is 137 cm³/mol. The van der Waals surface area contributed by atoms with E-state index in [1.54, 1.807) is 26.4 Å². The Hall–Kier alpha value is -3.13. The van der Waals surface area contributed by atoms with Crippen molar-refractivity contribution >= 4 is 34.5 Å². The summed E-state index contributed by atoms with van der Waals surface area (Å²) in [4.78, 5) is 15.8. The van der Waals surface area contributed by atoms with Gasteiger partial charge in [-0.25, -0.2) is 0 Å². The maximum atomic E-state index is 10.8. The van der Waals surface area contributed by atoms with E-state index >= 15 is 0 Å². The Kier molecular flexibility index (Phi) is 8.72. The van der Waals surface area contributed by atoms with Crippen molar-refractivity contribution in [2.24, 2.45) is 0 Å². The molecule has 7 nitrogen and oxygen atoms in total. The average Bonchev–Trinajstić information content (AvgIpc) is 2.80. The van der Waals surface area contributed by atoms with Crippen LogP contribution in [0.3, 0.4) is 0 Å². The molecule has 0 aliphatic carbocycles. The van der Waals surface area contributed by atoms with Gasteiger partial charge in [-0.1, -0.05) is 49.7 Å². The minimum Gasteiger partial charge on any atom is -0.493 e. The van der Waals surface area contributed by atoms with Crippen molar-refractivity contribution in [1.29, 1.82) is 0 Å². The Balaban J connectivity index is 2.24. The van der Waals surface area contributed by atoms with Crippen LogP contribution in [0.15, 0.2) is 42.5 Å². The van der Waals surface area contributed by atoms with E-state index < -0.39 is 24.6 Å². The fourth-order valence-corrected chi connectivity index (χ4v) is 4.14. The Morgan fingerprint density at radius 2 is 1.71 bits per heavy atom. The van der Waals surface area contributed by atoms with Crippen LogP contribution in [0, 0.1) is 0 Å². The van der Waals surface area contributed by atoms with E-state index in [9.17, 15) is 15.0 Å². The molecule has 3 rings (SSSR count). The van der Waals surface area contributed by atoms with Gasteiger partial charge < -0.3 is 24.8 Å². The van der Waals surface area contributed by atoms with Crippen LogP contribution in [-0.4, -0.2) is 52.7 Å². The molecule has 35 heavy (non-hydrogen) atoms. The van der Waals surface area contributed by atoms with E-state index in [1.807, 2.05) is 50.2 Å². The molecule has 8 heteroatoms. The molecule has 0 saturated heterocycles. The Labute approximate surface area is 209 Å². The van der Waals surface area contributed by atoms with E-state index in [-0.39, 0.29) is 12.3 Å². The van der Waals surface area contributed by atoms with Gasteiger partial charge in [-0.3, -0.25) is 9.78 Å². The highest BCUT2D eigenvalue weighted by atomic mass is 35.5. The lowest BCUT2D eigenvalue weighted by atomic mass is 9.90. The van der Waals surface area contributed by atoms with Crippen LogP contribution in [0.4, 0.5) is 0 Å². The van der Waals surface area contributed by atoms with E-state index in [0.29, 0.717) is 16.5 Å². The standard InChI is InChI=1S/C27H30ClNO6/c1-15(2)27-20(10-9-18(30)11-19(31)12-25(32)33)26(16-5-7-17(28)8-6-16)21-13-23(34-3)24(35-4)14-22(21)29-27/h5-10,13-15,18-19,30-31H,11-12H2,1-4H3,(H,32,33). The number of rotatable bonds is 10. The molecule has 0 fully saturated rings. The highest BCUT2D eigenvalue weighted by Gasteiger charge is 2.20. The summed E-state index contributed by atoms with van der Waals surface area (Å²) in [5.74, 6) is 0.0494. The minimum atomic E-state index is -1.15. The Morgan fingerprint density at radius 1 is 1.09 bits per heavy atom. The number of nitrogens with zero attached hydrogens (tertiary/aromatic N) is 1. The second kappa shape index (κ2) is 11.5. The SMILES string of the molecule is COc1cc2nc(C(C)C)c(C=CC(O)CC(O)CC(=O)O)c(-c3ccc(Cl)cc3)c2cc1OC. The molecule has 0 spiro atoms. The zero-order valence-electron chi connectivity index (χ0n) is 20.2. The van der Waals surface area contributed by atoms with Crippen LogP contribution in [0.1, 0.15) is 43.9 Å². The van der Waals surface area contributed by atoms with Gasteiger partial charge in [0.1, 0.15) is 0 Å². The summed E-state index contributed by atoms with van der Waals surface area (Å²) in [5.41, 5.74) is 4.12. The normalized spacial score (nSPS) is 13.4. The molecule has 0 saturated carbocycles. The van der Waals surface area contributed by atoms with Crippen molar-refractivity contribution in [3.63, 3.8) is 0 Å². The van der Waals surface area contributed by atoms with E-state index in [0.717, 1.165) is 33.3 Å². The van der Waals surface area contributed by atoms with Gasteiger partial charge in [0.2, 0.25) is 0 Å². The predicted octanol–water partition coefficient (Wildman–Crippen LogP) is 5.30. The van der Waals surface area contributed by atoms with E-state index in [1.165, 1.54) is 0 Å². The summed E-state index contributed by atoms with van der Waals surface area (Å²) in [7, 11) is 3.14. The molecule has 3 N–H and O–H groups in total. The van der Waals surface area contributed by atoms with Crippen molar-refractivity contribution in [3.05, 3.63) is 58.8 Å². The number of carboxylic acids is 1. The fraction of sp³-hybridized carbons (Fsp3) is 0.333. The zero-order valence-corrected chi connectivity index (χ0v) is 20.9. The van der Waals surface area contributed by atoms with Gasteiger partial charge in [0.25, 0.3) is 0 Å². The lowest BCUT2D eigenvalue weighted by Gasteiger charge is -2.19. The molecule has 0 aliphatic heterocycles. The Bertz CT molecular complexity index is 1220. The van der Waals surface area contributed by atoms with E-state index in [4.69, 9.17) is 31.2 Å². The largest absolute Gasteiger partial charge is 0.493 e. The van der Waals surface area contributed by atoms with Gasteiger partial charge in [0.05, 0.1) is 44.1 Å². The smallest absolute Gasteiger partial charge is 0.305 e. The number of aliphatic hydroxyl groups excluding tert-OH is 2. The first-order valence-corrected chi connectivity index (χ1v) is 11.6. The number of fused-ring (bicyclic) bond motifs is 1. The summed E-state index contributed by atoms with van der Waals surface area (Å²) in [5, 5.41) is 30.7. The molecule has 0 radical (unpaired) electrons. The van der Waals surface area contributed by atoms with Gasteiger partial charge in [-0.2, -0.15) is 0 Å². The number of pyridine rings is 1. The van der Waals surface area contributed by atoms with Crippen molar-refractivity contribution in [2.45, 2.75) is 44.8 Å². The first-order chi connectivity index (χ1) is 16.6. The number of halogens is 1. The molecule has 2 atom stereocenters. The maximum Gasteiger partial charge on any atom is 0.305 e. The summed E-state index contributed by atoms with van der Waals surface area (Å²) in [6, 6.07) is 11.2. The highest BCUT2D eigenvalue weighted by molar-refractivity contribution is 6.30. The summed E-state index contributed by atoms with van der Waals surface area (Å²) >= 11 is 6.15. The first-order valence-electron chi connectivity index (χ1n) is 11.3.